The first kappa shape index (κ1) is 13.3. The van der Waals surface area contributed by atoms with E-state index in [9.17, 15) is 0 Å². The molecule has 1 aliphatic heterocycles. The molecule has 1 rings (SSSR count). The molecule has 3 heteroatoms. The minimum absolute atomic E-state index is 0.287. The van der Waals surface area contributed by atoms with Crippen LogP contribution in [0.4, 0.5) is 0 Å². The summed E-state index contributed by atoms with van der Waals surface area (Å²) in [4.78, 5) is 2.63. The Morgan fingerprint density at radius 1 is 1.47 bits per heavy atom. The molecule has 1 N–H and O–H groups in total. The third-order valence-electron chi connectivity index (χ3n) is 2.89. The molecular weight excluding hydrogens is 204 g/mol. The van der Waals surface area contributed by atoms with E-state index in [0.717, 1.165) is 5.92 Å². The normalized spacial score (nSPS) is 24.8. The molecule has 0 aromatic carbocycles. The Labute approximate surface area is 99.2 Å². The van der Waals surface area contributed by atoms with Gasteiger partial charge in [0, 0.05) is 18.6 Å². The molecular formula is C12H26N2S. The molecule has 1 heterocycles. The zero-order valence-corrected chi connectivity index (χ0v) is 11.5. The highest BCUT2D eigenvalue weighted by atomic mass is 32.2. The van der Waals surface area contributed by atoms with Crippen LogP contribution in [0.5, 0.6) is 0 Å². The van der Waals surface area contributed by atoms with Gasteiger partial charge in [0.05, 0.1) is 0 Å². The fourth-order valence-electron chi connectivity index (χ4n) is 2.36. The van der Waals surface area contributed by atoms with Crippen molar-refractivity contribution in [3.05, 3.63) is 0 Å². The second-order valence-corrected chi connectivity index (χ2v) is 6.37. The Morgan fingerprint density at radius 3 is 2.87 bits per heavy atom. The van der Waals surface area contributed by atoms with Gasteiger partial charge in [-0.1, -0.05) is 6.92 Å². The lowest BCUT2D eigenvalue weighted by molar-refractivity contribution is 0.211. The summed E-state index contributed by atoms with van der Waals surface area (Å²) in [6.45, 7) is 11.9. The van der Waals surface area contributed by atoms with Crippen LogP contribution in [0.3, 0.4) is 0 Å². The van der Waals surface area contributed by atoms with Gasteiger partial charge in [-0.3, -0.25) is 0 Å². The first-order chi connectivity index (χ1) is 7.03. The van der Waals surface area contributed by atoms with Gasteiger partial charge in [-0.05, 0) is 51.3 Å². The molecule has 1 fully saturated rings. The molecule has 15 heavy (non-hydrogen) atoms. The van der Waals surface area contributed by atoms with E-state index < -0.39 is 0 Å². The molecule has 1 unspecified atom stereocenters. The van der Waals surface area contributed by atoms with Gasteiger partial charge in [0.1, 0.15) is 0 Å². The topological polar surface area (TPSA) is 15.3 Å². The molecule has 90 valence electrons. The van der Waals surface area contributed by atoms with Crippen molar-refractivity contribution in [2.75, 3.05) is 38.2 Å². The zero-order chi connectivity index (χ0) is 11.3. The molecule has 1 atom stereocenters. The Balaban J connectivity index is 2.39. The van der Waals surface area contributed by atoms with Crippen molar-refractivity contribution in [1.29, 1.82) is 0 Å². The summed E-state index contributed by atoms with van der Waals surface area (Å²) in [7, 11) is 0. The van der Waals surface area contributed by atoms with Crippen LogP contribution in [0, 0.1) is 5.92 Å². The van der Waals surface area contributed by atoms with Gasteiger partial charge in [-0.15, -0.1) is 0 Å². The largest absolute Gasteiger partial charge is 0.310 e. The average molecular weight is 230 g/mol. The standard InChI is InChI=1S/C12H26N2S/c1-11(9-15-4)8-14-7-5-6-13-12(2,3)10-14/h11,13H,5-10H2,1-4H3. The Morgan fingerprint density at radius 2 is 2.20 bits per heavy atom. The van der Waals surface area contributed by atoms with Gasteiger partial charge >= 0.3 is 0 Å². The van der Waals surface area contributed by atoms with Crippen LogP contribution in [0.2, 0.25) is 0 Å². The lowest BCUT2D eigenvalue weighted by Crippen LogP contribution is -2.47. The van der Waals surface area contributed by atoms with E-state index in [4.69, 9.17) is 0 Å². The van der Waals surface area contributed by atoms with Crippen molar-refractivity contribution in [3.63, 3.8) is 0 Å². The van der Waals surface area contributed by atoms with Crippen molar-refractivity contribution in [2.24, 2.45) is 5.92 Å². The molecule has 0 aromatic rings. The minimum atomic E-state index is 0.287. The smallest absolute Gasteiger partial charge is 0.0252 e. The summed E-state index contributed by atoms with van der Waals surface area (Å²) in [6, 6.07) is 0. The molecule has 0 spiro atoms. The monoisotopic (exact) mass is 230 g/mol. The van der Waals surface area contributed by atoms with Gasteiger partial charge in [0.15, 0.2) is 0 Å². The number of nitrogens with zero attached hydrogens (tertiary/aromatic N) is 1. The lowest BCUT2D eigenvalue weighted by Gasteiger charge is -2.31. The first-order valence-corrected chi connectivity index (χ1v) is 7.39. The van der Waals surface area contributed by atoms with Gasteiger partial charge in [0.25, 0.3) is 0 Å². The highest BCUT2D eigenvalue weighted by Crippen LogP contribution is 2.13. The number of thioether (sulfide) groups is 1. The molecule has 0 radical (unpaired) electrons. The van der Waals surface area contributed by atoms with Crippen molar-refractivity contribution in [3.8, 4) is 0 Å². The predicted molar refractivity (Wildman–Crippen MR) is 70.7 cm³/mol. The zero-order valence-electron chi connectivity index (χ0n) is 10.7. The van der Waals surface area contributed by atoms with E-state index in [1.807, 2.05) is 11.8 Å². The van der Waals surface area contributed by atoms with Crippen LogP contribution >= 0.6 is 11.8 Å². The van der Waals surface area contributed by atoms with Crippen molar-refractivity contribution >= 4 is 11.8 Å². The summed E-state index contributed by atoms with van der Waals surface area (Å²) in [5.41, 5.74) is 0.287. The highest BCUT2D eigenvalue weighted by molar-refractivity contribution is 7.98. The molecule has 0 amide bonds. The summed E-state index contributed by atoms with van der Waals surface area (Å²) in [5, 5.41) is 3.61. The molecule has 1 aliphatic rings. The van der Waals surface area contributed by atoms with Gasteiger partial charge in [-0.25, -0.2) is 0 Å². The van der Waals surface area contributed by atoms with E-state index in [-0.39, 0.29) is 5.54 Å². The molecule has 0 bridgehead atoms. The maximum Gasteiger partial charge on any atom is 0.0252 e. The van der Waals surface area contributed by atoms with Gasteiger partial charge in [0.2, 0.25) is 0 Å². The average Bonchev–Trinajstić information content (AvgIpc) is 2.26. The maximum atomic E-state index is 3.61. The second kappa shape index (κ2) is 6.12. The van der Waals surface area contributed by atoms with Crippen LogP contribution in [0.25, 0.3) is 0 Å². The third-order valence-corrected chi connectivity index (χ3v) is 3.80. The van der Waals surface area contributed by atoms with E-state index in [0.29, 0.717) is 0 Å². The minimum Gasteiger partial charge on any atom is -0.310 e. The number of hydrogen-bond acceptors (Lipinski definition) is 3. The summed E-state index contributed by atoms with van der Waals surface area (Å²) in [5.74, 6) is 2.10. The van der Waals surface area contributed by atoms with E-state index >= 15 is 0 Å². The SMILES string of the molecule is CSCC(C)CN1CCCNC(C)(C)C1. The van der Waals surface area contributed by atoms with Crippen LogP contribution in [-0.4, -0.2) is 48.6 Å². The van der Waals surface area contributed by atoms with Crippen LogP contribution in [-0.2, 0) is 0 Å². The number of hydrogen-bond donors (Lipinski definition) is 1. The quantitative estimate of drug-likeness (QED) is 0.796. The van der Waals surface area contributed by atoms with E-state index in [2.05, 4.69) is 37.2 Å². The number of rotatable bonds is 4. The Kier molecular flexibility index (Phi) is 5.44. The summed E-state index contributed by atoms with van der Waals surface area (Å²) in [6.07, 6.45) is 3.49. The Hall–Kier alpha value is 0.270. The van der Waals surface area contributed by atoms with Crippen molar-refractivity contribution in [1.82, 2.24) is 10.2 Å². The highest BCUT2D eigenvalue weighted by Gasteiger charge is 2.24. The Bertz CT molecular complexity index is 182. The van der Waals surface area contributed by atoms with Crippen LogP contribution in [0.15, 0.2) is 0 Å². The first-order valence-electron chi connectivity index (χ1n) is 6.00. The second-order valence-electron chi connectivity index (χ2n) is 5.46. The lowest BCUT2D eigenvalue weighted by atomic mass is 10.1. The summed E-state index contributed by atoms with van der Waals surface area (Å²) >= 11 is 1.96. The molecule has 2 nitrogen and oxygen atoms in total. The predicted octanol–water partition coefficient (Wildman–Crippen LogP) is 2.06. The van der Waals surface area contributed by atoms with Crippen molar-refractivity contribution in [2.45, 2.75) is 32.7 Å². The van der Waals surface area contributed by atoms with Crippen molar-refractivity contribution < 1.29 is 0 Å². The molecule has 0 saturated carbocycles. The fourth-order valence-corrected chi connectivity index (χ4v) is 3.03. The maximum absolute atomic E-state index is 3.61. The van der Waals surface area contributed by atoms with Gasteiger partial charge in [-0.2, -0.15) is 11.8 Å². The van der Waals surface area contributed by atoms with E-state index in [1.54, 1.807) is 0 Å². The summed E-state index contributed by atoms with van der Waals surface area (Å²) < 4.78 is 0. The molecule has 0 aromatic heterocycles. The van der Waals surface area contributed by atoms with Crippen LogP contribution < -0.4 is 5.32 Å². The fraction of sp³-hybridized carbons (Fsp3) is 1.00. The molecule has 0 aliphatic carbocycles. The van der Waals surface area contributed by atoms with Gasteiger partial charge < -0.3 is 10.2 Å². The van der Waals surface area contributed by atoms with E-state index in [1.165, 1.54) is 38.4 Å². The number of nitrogens with one attached hydrogen (secondary N) is 1. The third kappa shape index (κ3) is 5.23. The van der Waals surface area contributed by atoms with Crippen LogP contribution in [0.1, 0.15) is 27.2 Å². The molecule has 1 saturated heterocycles.